The summed E-state index contributed by atoms with van der Waals surface area (Å²) >= 11 is 0. The van der Waals surface area contributed by atoms with E-state index in [9.17, 15) is 4.79 Å². The van der Waals surface area contributed by atoms with Gasteiger partial charge in [-0.1, -0.05) is 26.2 Å². The summed E-state index contributed by atoms with van der Waals surface area (Å²) in [6.07, 6.45) is 7.95. The van der Waals surface area contributed by atoms with Crippen molar-refractivity contribution in [3.8, 4) is 0 Å². The minimum atomic E-state index is -0.119. The van der Waals surface area contributed by atoms with Crippen molar-refractivity contribution in [1.29, 1.82) is 0 Å². The van der Waals surface area contributed by atoms with Gasteiger partial charge in [0.2, 0.25) is 0 Å². The first-order valence-corrected chi connectivity index (χ1v) is 8.83. The molecule has 2 N–H and O–H groups in total. The predicted octanol–water partition coefficient (Wildman–Crippen LogP) is 3.10. The van der Waals surface area contributed by atoms with Crippen molar-refractivity contribution in [2.45, 2.75) is 58.3 Å². The molecule has 0 bridgehead atoms. The van der Waals surface area contributed by atoms with Crippen LogP contribution in [-0.4, -0.2) is 52.4 Å². The molecular formula is C17H36IN3O3. The van der Waals surface area contributed by atoms with Gasteiger partial charge in [0, 0.05) is 39.8 Å². The number of ether oxygens (including phenoxy) is 2. The van der Waals surface area contributed by atoms with Gasteiger partial charge in [0.05, 0.1) is 7.11 Å². The molecule has 0 aromatic carbocycles. The maximum absolute atomic E-state index is 11.0. The quantitative estimate of drug-likeness (QED) is 0.138. The summed E-state index contributed by atoms with van der Waals surface area (Å²) < 4.78 is 10.1. The number of aliphatic imine (C=N–C) groups is 1. The van der Waals surface area contributed by atoms with Gasteiger partial charge in [-0.3, -0.25) is 9.79 Å². The maximum Gasteiger partial charge on any atom is 0.305 e. The number of rotatable bonds is 14. The summed E-state index contributed by atoms with van der Waals surface area (Å²) in [6, 6.07) is 0. The second kappa shape index (κ2) is 20.5. The van der Waals surface area contributed by atoms with Gasteiger partial charge in [-0.25, -0.2) is 0 Å². The molecule has 0 saturated heterocycles. The van der Waals surface area contributed by atoms with Gasteiger partial charge < -0.3 is 20.1 Å². The van der Waals surface area contributed by atoms with Crippen molar-refractivity contribution in [2.24, 2.45) is 4.99 Å². The third-order valence-corrected chi connectivity index (χ3v) is 3.45. The first-order chi connectivity index (χ1) is 11.2. The van der Waals surface area contributed by atoms with E-state index in [0.29, 0.717) is 6.42 Å². The van der Waals surface area contributed by atoms with Crippen LogP contribution in [0.15, 0.2) is 4.99 Å². The minimum absolute atomic E-state index is 0. The highest BCUT2D eigenvalue weighted by Crippen LogP contribution is 2.03. The van der Waals surface area contributed by atoms with Gasteiger partial charge in [0.1, 0.15) is 0 Å². The molecule has 0 spiro atoms. The van der Waals surface area contributed by atoms with E-state index in [2.05, 4.69) is 27.3 Å². The number of hydrogen-bond acceptors (Lipinski definition) is 4. The third kappa shape index (κ3) is 17.8. The minimum Gasteiger partial charge on any atom is -0.469 e. The Hall–Kier alpha value is -0.570. The smallest absolute Gasteiger partial charge is 0.305 e. The van der Waals surface area contributed by atoms with Crippen molar-refractivity contribution in [2.75, 3.05) is 40.5 Å². The fourth-order valence-electron chi connectivity index (χ4n) is 2.01. The van der Waals surface area contributed by atoms with Crippen LogP contribution in [0, 0.1) is 0 Å². The summed E-state index contributed by atoms with van der Waals surface area (Å²) in [7, 11) is 3.21. The lowest BCUT2D eigenvalue weighted by molar-refractivity contribution is -0.140. The summed E-state index contributed by atoms with van der Waals surface area (Å²) in [4.78, 5) is 15.2. The van der Waals surface area contributed by atoms with Crippen LogP contribution >= 0.6 is 24.0 Å². The van der Waals surface area contributed by atoms with E-state index in [-0.39, 0.29) is 29.9 Å². The number of nitrogens with one attached hydrogen (secondary N) is 2. The van der Waals surface area contributed by atoms with E-state index >= 15 is 0 Å². The van der Waals surface area contributed by atoms with Gasteiger partial charge in [-0.05, 0) is 25.7 Å². The molecule has 0 aromatic rings. The molecule has 6 nitrogen and oxygen atoms in total. The predicted molar refractivity (Wildman–Crippen MR) is 110 cm³/mol. The molecular weight excluding hydrogens is 421 g/mol. The zero-order valence-corrected chi connectivity index (χ0v) is 17.9. The normalized spacial score (nSPS) is 10.9. The van der Waals surface area contributed by atoms with Gasteiger partial charge in [0.15, 0.2) is 5.96 Å². The highest BCUT2D eigenvalue weighted by Gasteiger charge is 2.00. The van der Waals surface area contributed by atoms with Crippen LogP contribution in [0.1, 0.15) is 58.3 Å². The van der Waals surface area contributed by atoms with E-state index in [1.165, 1.54) is 13.5 Å². The molecule has 0 unspecified atom stereocenters. The molecule has 0 aliphatic carbocycles. The van der Waals surface area contributed by atoms with Crippen LogP contribution in [0.5, 0.6) is 0 Å². The molecule has 0 fully saturated rings. The molecule has 144 valence electrons. The van der Waals surface area contributed by atoms with E-state index in [1.54, 1.807) is 7.05 Å². The van der Waals surface area contributed by atoms with E-state index < -0.39 is 0 Å². The Balaban J connectivity index is 0. The number of unbranched alkanes of at least 4 members (excludes halogenated alkanes) is 4. The van der Waals surface area contributed by atoms with Crippen LogP contribution in [-0.2, 0) is 14.3 Å². The second-order valence-corrected chi connectivity index (χ2v) is 5.49. The van der Waals surface area contributed by atoms with Gasteiger partial charge in [-0.15, -0.1) is 24.0 Å². The lowest BCUT2D eigenvalue weighted by Crippen LogP contribution is -2.38. The van der Waals surface area contributed by atoms with Gasteiger partial charge >= 0.3 is 5.97 Å². The number of nitrogens with zero attached hydrogens (tertiary/aromatic N) is 1. The van der Waals surface area contributed by atoms with E-state index in [4.69, 9.17) is 4.74 Å². The number of hydrogen-bond donors (Lipinski definition) is 2. The van der Waals surface area contributed by atoms with Crippen LogP contribution in [0.2, 0.25) is 0 Å². The molecule has 0 radical (unpaired) electrons. The topological polar surface area (TPSA) is 72.0 Å². The lowest BCUT2D eigenvalue weighted by Gasteiger charge is -2.11. The van der Waals surface area contributed by atoms with Gasteiger partial charge in [0.25, 0.3) is 0 Å². The van der Waals surface area contributed by atoms with Crippen LogP contribution < -0.4 is 10.6 Å². The second-order valence-electron chi connectivity index (χ2n) is 5.49. The zero-order valence-electron chi connectivity index (χ0n) is 15.6. The maximum atomic E-state index is 11.0. The molecule has 0 aliphatic heterocycles. The Morgan fingerprint density at radius 1 is 0.958 bits per heavy atom. The van der Waals surface area contributed by atoms with E-state index in [1.807, 2.05) is 0 Å². The Kier molecular flexibility index (Phi) is 21.9. The van der Waals surface area contributed by atoms with E-state index in [0.717, 1.165) is 70.8 Å². The summed E-state index contributed by atoms with van der Waals surface area (Å²) in [5, 5.41) is 6.58. The molecule has 0 aliphatic rings. The average molecular weight is 457 g/mol. The fourth-order valence-corrected chi connectivity index (χ4v) is 2.01. The van der Waals surface area contributed by atoms with Gasteiger partial charge in [-0.2, -0.15) is 0 Å². The molecule has 0 atom stereocenters. The molecule has 0 amide bonds. The number of guanidine groups is 1. The van der Waals surface area contributed by atoms with Crippen LogP contribution in [0.3, 0.4) is 0 Å². The number of carbonyl (C=O) groups excluding carboxylic acids is 1. The SMILES string of the molecule is CCCCOCCCNC(=NC)NCCCCCCC(=O)OC.I. The highest BCUT2D eigenvalue weighted by molar-refractivity contribution is 14.0. The third-order valence-electron chi connectivity index (χ3n) is 3.45. The molecule has 0 rings (SSSR count). The Morgan fingerprint density at radius 2 is 1.58 bits per heavy atom. The van der Waals surface area contributed by atoms with Crippen molar-refractivity contribution in [1.82, 2.24) is 10.6 Å². The number of halogens is 1. The average Bonchev–Trinajstić information content (AvgIpc) is 2.57. The molecule has 7 heteroatoms. The Labute approximate surface area is 164 Å². The van der Waals surface area contributed by atoms with Crippen molar-refractivity contribution < 1.29 is 14.3 Å². The molecule has 0 saturated carbocycles. The van der Waals surface area contributed by atoms with Crippen molar-refractivity contribution in [3.63, 3.8) is 0 Å². The monoisotopic (exact) mass is 457 g/mol. The Bertz CT molecular complexity index is 315. The number of esters is 1. The Morgan fingerprint density at radius 3 is 2.21 bits per heavy atom. The summed E-state index contributed by atoms with van der Waals surface area (Å²) in [5.74, 6) is 0.722. The van der Waals surface area contributed by atoms with Crippen LogP contribution in [0.4, 0.5) is 0 Å². The number of carbonyl (C=O) groups is 1. The molecule has 24 heavy (non-hydrogen) atoms. The molecule has 0 heterocycles. The highest BCUT2D eigenvalue weighted by atomic mass is 127. The van der Waals surface area contributed by atoms with Crippen molar-refractivity contribution in [3.05, 3.63) is 0 Å². The zero-order chi connectivity index (χ0) is 17.2. The first-order valence-electron chi connectivity index (χ1n) is 8.83. The summed E-state index contributed by atoms with van der Waals surface area (Å²) in [6.45, 7) is 5.58. The number of methoxy groups -OCH3 is 1. The largest absolute Gasteiger partial charge is 0.469 e. The first kappa shape index (κ1) is 25.7. The fraction of sp³-hybridized carbons (Fsp3) is 0.882. The van der Waals surface area contributed by atoms with Crippen LogP contribution in [0.25, 0.3) is 0 Å². The van der Waals surface area contributed by atoms with Crippen molar-refractivity contribution >= 4 is 35.9 Å². The summed E-state index contributed by atoms with van der Waals surface area (Å²) in [5.41, 5.74) is 0. The standard InChI is InChI=1S/C17H35N3O3.HI/c1-4-5-14-23-15-10-13-20-17(18-2)19-12-9-7-6-8-11-16(21)22-3;/h4-15H2,1-3H3,(H2,18,19,20);1H. The lowest BCUT2D eigenvalue weighted by atomic mass is 10.1. The molecule has 0 aromatic heterocycles.